The Morgan fingerprint density at radius 3 is 1.50 bits per heavy atom. The van der Waals surface area contributed by atoms with Gasteiger partial charge in [-0.2, -0.15) is 13.5 Å². The van der Waals surface area contributed by atoms with E-state index in [1.165, 1.54) is 0 Å². The summed E-state index contributed by atoms with van der Waals surface area (Å²) in [6, 6.07) is 0. The molecule has 0 aliphatic rings. The quantitative estimate of drug-likeness (QED) is 0.469. The molecule has 0 atom stereocenters. The Bertz CT molecular complexity index is 40.3. The molecule has 0 saturated heterocycles. The second-order valence-electron chi connectivity index (χ2n) is 0.283. The molecule has 0 bridgehead atoms. The minimum Gasteiger partial charge on any atom is -1.00 e. The third-order valence-electron chi connectivity index (χ3n) is 0. The summed E-state index contributed by atoms with van der Waals surface area (Å²) in [5.41, 5.74) is 0. The predicted octanol–water partition coefficient (Wildman–Crippen LogP) is 0.179. The fourth-order valence-electron chi connectivity index (χ4n) is 0. The van der Waals surface area contributed by atoms with Crippen LogP contribution in [-0.2, 0) is 0 Å². The van der Waals surface area contributed by atoms with Crippen molar-refractivity contribution >= 4 is 57.4 Å². The zero-order chi connectivity index (χ0) is 3.58. The van der Waals surface area contributed by atoms with Crippen LogP contribution < -0.4 is 0 Å². The molecule has 3 nitrogen and oxygen atoms in total. The van der Waals surface area contributed by atoms with Crippen molar-refractivity contribution in [1.82, 2.24) is 0 Å². The van der Waals surface area contributed by atoms with Crippen LogP contribution in [0.4, 0.5) is 4.79 Å². The average molecular weight is 138 g/mol. The molecule has 0 aliphatic heterocycles. The maximum atomic E-state index is 8.56. The van der Waals surface area contributed by atoms with Gasteiger partial charge in [-0.15, -0.1) is 0 Å². The second kappa shape index (κ2) is 9.30. The summed E-state index contributed by atoms with van der Waals surface area (Å²) in [5, 5.41) is 13.9. The van der Waals surface area contributed by atoms with Crippen molar-refractivity contribution in [2.75, 3.05) is 0 Å². The Balaban J connectivity index is -0.00000000750. The molecule has 5 heteroatoms. The van der Waals surface area contributed by atoms with E-state index in [2.05, 4.69) is 0 Å². The van der Waals surface area contributed by atoms with Gasteiger partial charge in [-0.05, 0) is 0 Å². The van der Waals surface area contributed by atoms with Crippen molar-refractivity contribution in [1.29, 1.82) is 0 Å². The molecule has 0 saturated carbocycles. The fraction of sp³-hybridized carbons (Fsp3) is 0. The topological polar surface area (TPSA) is 57.5 Å². The maximum absolute atomic E-state index is 8.56. The number of hydrogen-bond acceptors (Lipinski definition) is 1. The average Bonchev–Trinajstić information content (AvgIpc) is 0.811. The van der Waals surface area contributed by atoms with E-state index in [0.29, 0.717) is 0 Å². The van der Waals surface area contributed by atoms with Crippen LogP contribution in [0.2, 0.25) is 0 Å². The first-order valence-corrected chi connectivity index (χ1v) is 0.651. The first-order chi connectivity index (χ1) is 1.73. The van der Waals surface area contributed by atoms with E-state index in [-0.39, 0.29) is 54.1 Å². The second-order valence-corrected chi connectivity index (χ2v) is 0.283. The summed E-state index contributed by atoms with van der Waals surface area (Å²) in [6.07, 6.45) is -1.83. The Morgan fingerprint density at radius 1 is 1.50 bits per heavy atom. The van der Waals surface area contributed by atoms with Gasteiger partial charge in [0.15, 0.2) is 0 Å². The van der Waals surface area contributed by atoms with Crippen LogP contribution in [0.25, 0.3) is 0 Å². The van der Waals surface area contributed by atoms with Crippen molar-refractivity contribution in [2.45, 2.75) is 0 Å². The molecular weight excluding hydrogens is 132 g/mol. The van der Waals surface area contributed by atoms with Crippen molar-refractivity contribution in [2.24, 2.45) is 0 Å². The molecule has 0 unspecified atom stereocenters. The van der Waals surface area contributed by atoms with Crippen LogP contribution in [0.5, 0.6) is 0 Å². The summed E-state index contributed by atoms with van der Waals surface area (Å²) in [5.74, 6) is 0. The Labute approximate surface area is 74.8 Å². The third kappa shape index (κ3) is 94.9. The molecule has 2 N–H and O–H groups in total. The van der Waals surface area contributed by atoms with Crippen LogP contribution >= 0.6 is 13.5 Å². The molecule has 0 aromatic heterocycles. The molecule has 0 amide bonds. The molecule has 0 rings (SSSR count). The molecule has 0 heterocycles. The normalized spacial score (nSPS) is 4.00. The van der Waals surface area contributed by atoms with Gasteiger partial charge in [-0.25, -0.2) is 4.79 Å². The van der Waals surface area contributed by atoms with Gasteiger partial charge in [0.05, 0.1) is 0 Å². The Morgan fingerprint density at radius 2 is 1.50 bits per heavy atom. The summed E-state index contributed by atoms with van der Waals surface area (Å²) in [7, 11) is 0. The monoisotopic (exact) mass is 138 g/mol. The number of rotatable bonds is 0. The van der Waals surface area contributed by atoms with Gasteiger partial charge in [-0.3, -0.25) is 0 Å². The molecule has 0 radical (unpaired) electrons. The van der Waals surface area contributed by atoms with Crippen LogP contribution in [-0.4, -0.2) is 54.1 Å². The van der Waals surface area contributed by atoms with Gasteiger partial charge in [0, 0.05) is 0 Å². The summed E-state index contributed by atoms with van der Waals surface area (Å²) in [4.78, 5) is 8.56. The minimum absolute atomic E-state index is 0. The number of hydrogen-bond donors (Lipinski definition) is 2. The zero-order valence-corrected chi connectivity index (χ0v) is 6.22. The van der Waals surface area contributed by atoms with Crippen LogP contribution in [0.15, 0.2) is 0 Å². The SMILES string of the molecule is O=C(O)O.S.[Ca+2].[H-].[H-]. The first kappa shape index (κ1) is 15.8. The van der Waals surface area contributed by atoms with E-state index in [9.17, 15) is 0 Å². The molecule has 0 aromatic rings. The van der Waals surface area contributed by atoms with E-state index in [1.54, 1.807) is 0 Å². The molecule has 6 heavy (non-hydrogen) atoms. The maximum Gasteiger partial charge on any atom is 2.00 e. The van der Waals surface area contributed by atoms with Crippen molar-refractivity contribution in [3.8, 4) is 0 Å². The van der Waals surface area contributed by atoms with Gasteiger partial charge >= 0.3 is 43.9 Å². The molecule has 0 aliphatic carbocycles. The van der Waals surface area contributed by atoms with Crippen LogP contribution in [0.1, 0.15) is 2.85 Å². The Hall–Kier alpha value is 0.880. The summed E-state index contributed by atoms with van der Waals surface area (Å²) in [6.45, 7) is 0. The molecular formula is CH6CaO3S. The predicted molar refractivity (Wildman–Crippen MR) is 29.0 cm³/mol. The summed E-state index contributed by atoms with van der Waals surface area (Å²) >= 11 is 0. The first-order valence-electron chi connectivity index (χ1n) is 0.651. The molecule has 0 aromatic carbocycles. The van der Waals surface area contributed by atoms with Crippen LogP contribution in [0, 0.1) is 0 Å². The molecule has 0 spiro atoms. The minimum atomic E-state index is -1.83. The van der Waals surface area contributed by atoms with Crippen molar-refractivity contribution in [3.05, 3.63) is 0 Å². The summed E-state index contributed by atoms with van der Waals surface area (Å²) < 4.78 is 0. The largest absolute Gasteiger partial charge is 2.00 e. The fourth-order valence-corrected chi connectivity index (χ4v) is 0. The van der Waals surface area contributed by atoms with Gasteiger partial charge in [0.25, 0.3) is 0 Å². The van der Waals surface area contributed by atoms with E-state index in [4.69, 9.17) is 15.0 Å². The van der Waals surface area contributed by atoms with Gasteiger partial charge in [-0.1, -0.05) is 0 Å². The van der Waals surface area contributed by atoms with E-state index >= 15 is 0 Å². The molecule has 0 fully saturated rings. The smallest absolute Gasteiger partial charge is 1.00 e. The van der Waals surface area contributed by atoms with Crippen LogP contribution in [0.3, 0.4) is 0 Å². The van der Waals surface area contributed by atoms with E-state index in [1.807, 2.05) is 0 Å². The Kier molecular flexibility index (Phi) is 24.5. The zero-order valence-electron chi connectivity index (χ0n) is 5.01. The van der Waals surface area contributed by atoms with E-state index in [0.717, 1.165) is 0 Å². The van der Waals surface area contributed by atoms with Gasteiger partial charge in [0.1, 0.15) is 0 Å². The molecule has 36 valence electrons. The van der Waals surface area contributed by atoms with Crippen molar-refractivity contribution < 1.29 is 17.9 Å². The standard InChI is InChI=1S/CH2O3.Ca.H2S.2H/c2-1(3)4;;;;/h(H2,2,3,4);;1H2;;/q;+2;;2*-1. The van der Waals surface area contributed by atoms with Crippen molar-refractivity contribution in [3.63, 3.8) is 0 Å². The van der Waals surface area contributed by atoms with Gasteiger partial charge in [0.2, 0.25) is 0 Å². The number of carboxylic acid groups (broad SMARTS) is 2. The third-order valence-corrected chi connectivity index (χ3v) is 0. The van der Waals surface area contributed by atoms with Gasteiger partial charge < -0.3 is 13.1 Å². The number of carbonyl (C=O) groups is 1. The van der Waals surface area contributed by atoms with E-state index < -0.39 is 6.16 Å².